The lowest BCUT2D eigenvalue weighted by molar-refractivity contribution is 0.442. The topological polar surface area (TPSA) is 348 Å². The van der Waals surface area contributed by atoms with Crippen LogP contribution in [-0.2, 0) is 40.5 Å². The highest BCUT2D eigenvalue weighted by Crippen LogP contribution is 2.51. The number of phenolic OH excluding ortho intramolecular Hbond substituents is 4. The minimum atomic E-state index is -5.43. The average molecular weight is 790 g/mol. The summed E-state index contributed by atoms with van der Waals surface area (Å²) in [6.07, 6.45) is 0. The van der Waals surface area contributed by atoms with Crippen molar-refractivity contribution in [1.82, 2.24) is 0 Å². The van der Waals surface area contributed by atoms with E-state index in [0.29, 0.717) is 24.3 Å². The summed E-state index contributed by atoms with van der Waals surface area (Å²) in [6.45, 7) is 0. The first kappa shape index (κ1) is 36.6. The van der Waals surface area contributed by atoms with Crippen molar-refractivity contribution < 1.29 is 72.3 Å². The van der Waals surface area contributed by atoms with Crippen molar-refractivity contribution in [2.75, 3.05) is 0 Å². The molecule has 0 aliphatic heterocycles. The van der Waals surface area contributed by atoms with Crippen LogP contribution in [0.15, 0.2) is 76.4 Å². The molecular weight excluding hydrogens is 775 g/mol. The zero-order valence-electron chi connectivity index (χ0n) is 22.5. The summed E-state index contributed by atoms with van der Waals surface area (Å²) in [5, 5.41) is 53.5. The number of nitrogens with zero attached hydrogens (tertiary/aromatic N) is 4. The third-order valence-corrected chi connectivity index (χ3v) is 9.82. The molecule has 0 spiro atoms. The molecule has 0 bridgehead atoms. The maximum atomic E-state index is 12.2. The molecule has 0 aromatic heterocycles. The van der Waals surface area contributed by atoms with E-state index in [-0.39, 0.29) is 0 Å². The second-order valence-electron chi connectivity index (χ2n) is 9.09. The lowest BCUT2D eigenvalue weighted by Crippen LogP contribution is -2.02. The van der Waals surface area contributed by atoms with Crippen LogP contribution in [0.4, 0.5) is 22.7 Å². The van der Waals surface area contributed by atoms with Crippen molar-refractivity contribution in [3.63, 3.8) is 0 Å². The van der Waals surface area contributed by atoms with Crippen LogP contribution in [0.2, 0.25) is 10.0 Å². The van der Waals surface area contributed by atoms with Gasteiger partial charge in [-0.25, -0.2) is 0 Å². The molecule has 0 aliphatic carbocycles. The molecule has 0 saturated heterocycles. The van der Waals surface area contributed by atoms with Gasteiger partial charge >= 0.3 is 0 Å². The molecule has 26 heteroatoms. The van der Waals surface area contributed by atoms with Gasteiger partial charge in [-0.1, -0.05) is 23.2 Å². The SMILES string of the molecule is O=S(=O)(O)c1cc(Cl)cc(/N=N/c2c(S(=O)(=O)O)cc3cc(S(=O)(=O)O)c(/N=N/c4cc(Cl)cc(S(=O)(=O)O)c4O)c(O)c3c2O)c1O. The van der Waals surface area contributed by atoms with E-state index < -0.39 is 127 Å². The van der Waals surface area contributed by atoms with Crippen LogP contribution in [0.1, 0.15) is 0 Å². The number of fused-ring (bicyclic) bond motifs is 1. The monoisotopic (exact) mass is 788 g/mol. The number of halogens is 2. The minimum Gasteiger partial charge on any atom is -0.505 e. The Morgan fingerprint density at radius 1 is 0.438 bits per heavy atom. The summed E-state index contributed by atoms with van der Waals surface area (Å²) >= 11 is 11.6. The number of rotatable bonds is 8. The molecule has 8 N–H and O–H groups in total. The Morgan fingerprint density at radius 2 is 0.750 bits per heavy atom. The van der Waals surface area contributed by atoms with E-state index in [1.807, 2.05) is 0 Å². The van der Waals surface area contributed by atoms with Gasteiger partial charge in [-0.3, -0.25) is 18.2 Å². The van der Waals surface area contributed by atoms with E-state index in [1.54, 1.807) is 0 Å². The number of azo groups is 2. The lowest BCUT2D eigenvalue weighted by atomic mass is 10.1. The molecule has 0 unspecified atom stereocenters. The molecule has 20 nitrogen and oxygen atoms in total. The fraction of sp³-hybridized carbons (Fsp3) is 0. The van der Waals surface area contributed by atoms with Gasteiger partial charge in [0.15, 0.2) is 23.0 Å². The highest BCUT2D eigenvalue weighted by atomic mass is 35.5. The van der Waals surface area contributed by atoms with Gasteiger partial charge in [0.25, 0.3) is 40.5 Å². The number of hydrogen-bond acceptors (Lipinski definition) is 16. The van der Waals surface area contributed by atoms with Gasteiger partial charge in [0, 0.05) is 10.0 Å². The molecule has 48 heavy (non-hydrogen) atoms. The van der Waals surface area contributed by atoms with Gasteiger partial charge in [0.1, 0.15) is 42.3 Å². The Bertz CT molecular complexity index is 2400. The zero-order chi connectivity index (χ0) is 36.3. The highest BCUT2D eigenvalue weighted by molar-refractivity contribution is 7.86. The van der Waals surface area contributed by atoms with Crippen LogP contribution in [0.3, 0.4) is 0 Å². The maximum absolute atomic E-state index is 12.2. The normalized spacial score (nSPS) is 13.2. The van der Waals surface area contributed by atoms with Crippen molar-refractivity contribution in [2.24, 2.45) is 20.5 Å². The summed E-state index contributed by atoms with van der Waals surface area (Å²) in [5.74, 6) is -5.33. The van der Waals surface area contributed by atoms with Gasteiger partial charge in [-0.15, -0.1) is 20.5 Å². The van der Waals surface area contributed by atoms with Crippen LogP contribution in [-0.4, -0.2) is 72.3 Å². The summed E-state index contributed by atoms with van der Waals surface area (Å²) in [7, 11) is -21.1. The molecule has 0 atom stereocenters. The summed E-state index contributed by atoms with van der Waals surface area (Å²) in [6, 6.07) is 3.61. The number of aromatic hydroxyl groups is 4. The van der Waals surface area contributed by atoms with Crippen LogP contribution in [0.25, 0.3) is 10.8 Å². The summed E-state index contributed by atoms with van der Waals surface area (Å²) < 4.78 is 133. The third kappa shape index (κ3) is 7.26. The average Bonchev–Trinajstić information content (AvgIpc) is 2.92. The van der Waals surface area contributed by atoms with E-state index in [4.69, 9.17) is 23.2 Å². The van der Waals surface area contributed by atoms with Gasteiger partial charge in [0.05, 0.1) is 5.39 Å². The molecule has 0 saturated carbocycles. The van der Waals surface area contributed by atoms with Gasteiger partial charge in [0.2, 0.25) is 0 Å². The molecule has 0 aliphatic rings. The Morgan fingerprint density at radius 3 is 1.04 bits per heavy atom. The molecule has 256 valence electrons. The second-order valence-corrected chi connectivity index (χ2v) is 15.5. The van der Waals surface area contributed by atoms with E-state index in [1.165, 1.54) is 0 Å². The van der Waals surface area contributed by atoms with Crippen LogP contribution < -0.4 is 0 Å². The minimum absolute atomic E-state index is 0.427. The molecule has 4 aromatic carbocycles. The Labute approximate surface area is 277 Å². The quantitative estimate of drug-likeness (QED) is 0.0878. The van der Waals surface area contributed by atoms with Crippen LogP contribution in [0, 0.1) is 0 Å². The predicted octanol–water partition coefficient (Wildman–Crippen LogP) is 4.79. The van der Waals surface area contributed by atoms with Crippen LogP contribution in [0.5, 0.6) is 23.0 Å². The molecule has 0 fully saturated rings. The van der Waals surface area contributed by atoms with Crippen molar-refractivity contribution >= 4 is 97.2 Å². The van der Waals surface area contributed by atoms with E-state index in [2.05, 4.69) is 20.5 Å². The smallest absolute Gasteiger partial charge is 0.298 e. The fourth-order valence-corrected chi connectivity index (χ4v) is 7.04. The predicted molar refractivity (Wildman–Crippen MR) is 161 cm³/mol. The third-order valence-electron chi connectivity index (χ3n) is 5.92. The van der Waals surface area contributed by atoms with Crippen molar-refractivity contribution in [3.8, 4) is 23.0 Å². The Kier molecular flexibility index (Phi) is 9.40. The Balaban J connectivity index is 2.07. The van der Waals surface area contributed by atoms with Gasteiger partial charge < -0.3 is 20.4 Å². The van der Waals surface area contributed by atoms with Crippen molar-refractivity contribution in [1.29, 1.82) is 0 Å². The summed E-state index contributed by atoms with van der Waals surface area (Å²) in [5.41, 5.74) is -4.16. The first-order valence-electron chi connectivity index (χ1n) is 11.7. The molecule has 4 rings (SSSR count). The molecule has 0 radical (unpaired) electrons. The van der Waals surface area contributed by atoms with Crippen molar-refractivity contribution in [2.45, 2.75) is 19.6 Å². The highest BCUT2D eigenvalue weighted by Gasteiger charge is 2.29. The molecule has 4 aromatic rings. The molecule has 0 amide bonds. The zero-order valence-corrected chi connectivity index (χ0v) is 27.3. The first-order valence-corrected chi connectivity index (χ1v) is 18.2. The van der Waals surface area contributed by atoms with Gasteiger partial charge in [-0.2, -0.15) is 33.7 Å². The lowest BCUT2D eigenvalue weighted by Gasteiger charge is -2.13. The van der Waals surface area contributed by atoms with Gasteiger partial charge in [-0.05, 0) is 41.8 Å². The molecule has 0 heterocycles. The summed E-state index contributed by atoms with van der Waals surface area (Å²) in [4.78, 5) is -4.99. The number of benzene rings is 4. The number of hydrogen-bond donors (Lipinski definition) is 8. The largest absolute Gasteiger partial charge is 0.505 e. The maximum Gasteiger partial charge on any atom is 0.298 e. The van der Waals surface area contributed by atoms with E-state index in [9.17, 15) is 72.3 Å². The molecular formula is C22H14Cl2N4O16S4. The van der Waals surface area contributed by atoms with E-state index >= 15 is 0 Å². The number of phenols is 4. The van der Waals surface area contributed by atoms with Crippen LogP contribution >= 0.6 is 23.2 Å². The standard InChI is InChI=1S/C22H14Cl2N4O16S4/c23-8-3-10(19(29)14(5-8)47(39,40)41)25-27-17-12(45(33,34)35)1-7-2-13(46(36,37)38)18(22(32)16(7)21(17)31)28-26-11-4-9(24)6-15(20(11)30)48(42,43)44/h1-6,29-32H,(H,33,34,35)(H,36,37,38)(H,39,40,41)(H,42,43,44)/b27-25+,28-26+. The van der Waals surface area contributed by atoms with Crippen molar-refractivity contribution in [3.05, 3.63) is 46.4 Å². The Hall–Kier alpha value is -4.24. The fourth-order valence-electron chi connectivity index (χ4n) is 3.92. The second kappa shape index (κ2) is 12.3. The first-order chi connectivity index (χ1) is 21.8. The van der Waals surface area contributed by atoms with E-state index in [0.717, 1.165) is 12.1 Å².